The third kappa shape index (κ3) is 3.29. The Balaban J connectivity index is 1.42. The van der Waals surface area contributed by atoms with Crippen LogP contribution >= 0.6 is 0 Å². The smallest absolute Gasteiger partial charge is 0.356 e. The number of piperidine rings is 1. The highest BCUT2D eigenvalue weighted by Gasteiger charge is 2.34. The molecule has 0 radical (unpaired) electrons. The van der Waals surface area contributed by atoms with Crippen molar-refractivity contribution in [2.75, 3.05) is 24.5 Å². The summed E-state index contributed by atoms with van der Waals surface area (Å²) in [6.45, 7) is -0.0191. The summed E-state index contributed by atoms with van der Waals surface area (Å²) in [5.41, 5.74) is 5.12. The van der Waals surface area contributed by atoms with E-state index in [0.717, 1.165) is 30.8 Å². The first-order chi connectivity index (χ1) is 12.4. The largest absolute Gasteiger partial charge is 0.405 e. The Morgan fingerprint density at radius 2 is 2.00 bits per heavy atom. The summed E-state index contributed by atoms with van der Waals surface area (Å²) in [5.74, 6) is 0.0523. The number of carbonyl (C=O) groups excluding carboxylic acids is 1. The van der Waals surface area contributed by atoms with Crippen LogP contribution in [0, 0.1) is 5.92 Å². The summed E-state index contributed by atoms with van der Waals surface area (Å²) in [4.78, 5) is 23.1. The van der Waals surface area contributed by atoms with E-state index < -0.39 is 18.6 Å². The van der Waals surface area contributed by atoms with Crippen LogP contribution in [0.4, 0.5) is 19.0 Å². The highest BCUT2D eigenvalue weighted by molar-refractivity contribution is 5.84. The summed E-state index contributed by atoms with van der Waals surface area (Å²) < 4.78 is 36.8. The molecular weight excluding hydrogens is 345 g/mol. The maximum absolute atomic E-state index is 12.3. The molecule has 26 heavy (non-hydrogen) atoms. The van der Waals surface area contributed by atoms with Crippen molar-refractivity contribution < 1.29 is 18.0 Å². The standard InChI is InChI=1S/C18H21F3N4O/c19-18(20,21)9-22-17(26)11-4-6-25(7-5-11)16-15-13-3-1-2-12(13)8-14(15)23-10-24-16/h10-11H,1-9H2,(H,22,26). The second kappa shape index (κ2) is 6.55. The highest BCUT2D eigenvalue weighted by Crippen LogP contribution is 2.45. The molecule has 0 atom stereocenters. The van der Waals surface area contributed by atoms with Crippen molar-refractivity contribution in [3.8, 4) is 0 Å². The minimum atomic E-state index is -4.37. The molecule has 1 amide bonds. The predicted molar refractivity (Wildman–Crippen MR) is 90.5 cm³/mol. The molecule has 0 aromatic carbocycles. The van der Waals surface area contributed by atoms with Crippen LogP contribution in [0.25, 0.3) is 5.57 Å². The van der Waals surface area contributed by atoms with Gasteiger partial charge in [-0.2, -0.15) is 13.2 Å². The van der Waals surface area contributed by atoms with Gasteiger partial charge in [0.05, 0.1) is 5.69 Å². The number of carbonyl (C=O) groups is 1. The van der Waals surface area contributed by atoms with Crippen molar-refractivity contribution in [2.24, 2.45) is 5.92 Å². The van der Waals surface area contributed by atoms with Crippen molar-refractivity contribution in [1.82, 2.24) is 15.3 Å². The number of fused-ring (bicyclic) bond motifs is 2. The summed E-state index contributed by atoms with van der Waals surface area (Å²) in [6.07, 6.45) is 2.59. The summed E-state index contributed by atoms with van der Waals surface area (Å²) >= 11 is 0. The van der Waals surface area contributed by atoms with E-state index in [1.54, 1.807) is 6.33 Å². The number of allylic oxidation sites excluding steroid dienone is 2. The van der Waals surface area contributed by atoms with Crippen molar-refractivity contribution in [2.45, 2.75) is 44.7 Å². The number of rotatable bonds is 3. The predicted octanol–water partition coefficient (Wildman–Crippen LogP) is 2.87. The Bertz CT molecular complexity index is 751. The molecule has 2 heterocycles. The average Bonchev–Trinajstić information content (AvgIpc) is 3.19. The molecule has 140 valence electrons. The second-order valence-electron chi connectivity index (χ2n) is 7.23. The molecule has 0 bridgehead atoms. The van der Waals surface area contributed by atoms with Gasteiger partial charge in [0.1, 0.15) is 18.7 Å². The van der Waals surface area contributed by atoms with Gasteiger partial charge in [0.2, 0.25) is 5.91 Å². The van der Waals surface area contributed by atoms with E-state index in [4.69, 9.17) is 0 Å². The van der Waals surface area contributed by atoms with E-state index in [9.17, 15) is 18.0 Å². The van der Waals surface area contributed by atoms with Crippen LogP contribution in [0.3, 0.4) is 0 Å². The molecule has 0 spiro atoms. The first kappa shape index (κ1) is 17.3. The maximum Gasteiger partial charge on any atom is 0.405 e. The minimum Gasteiger partial charge on any atom is -0.356 e. The Kier molecular flexibility index (Phi) is 4.36. The van der Waals surface area contributed by atoms with Crippen LogP contribution in [-0.2, 0) is 11.2 Å². The third-order valence-corrected chi connectivity index (χ3v) is 5.55. The first-order valence-corrected chi connectivity index (χ1v) is 9.07. The molecule has 4 rings (SSSR count). The SMILES string of the molecule is O=C(NCC(F)(F)F)C1CCN(c2ncnc3c2C2=C(CCC2)C3)CC1. The minimum absolute atomic E-state index is 0.371. The number of anilines is 1. The number of alkyl halides is 3. The van der Waals surface area contributed by atoms with Crippen molar-refractivity contribution in [3.05, 3.63) is 23.2 Å². The Labute approximate surface area is 149 Å². The molecule has 0 unspecified atom stereocenters. The molecule has 3 aliphatic rings. The van der Waals surface area contributed by atoms with Crippen molar-refractivity contribution >= 4 is 17.3 Å². The molecule has 5 nitrogen and oxygen atoms in total. The molecule has 1 aromatic heterocycles. The Hall–Kier alpha value is -2.12. The highest BCUT2D eigenvalue weighted by atomic mass is 19.4. The van der Waals surface area contributed by atoms with E-state index in [-0.39, 0.29) is 5.92 Å². The zero-order valence-corrected chi connectivity index (χ0v) is 14.4. The average molecular weight is 366 g/mol. The molecule has 1 aliphatic heterocycles. The topological polar surface area (TPSA) is 58.1 Å². The molecule has 1 saturated heterocycles. The molecule has 1 fully saturated rings. The molecule has 1 N–H and O–H groups in total. The number of hydrogen-bond acceptors (Lipinski definition) is 4. The fourth-order valence-corrected chi connectivity index (χ4v) is 4.28. The summed E-state index contributed by atoms with van der Waals surface area (Å²) in [6, 6.07) is 0. The Morgan fingerprint density at radius 3 is 2.73 bits per heavy atom. The van der Waals surface area contributed by atoms with Crippen LogP contribution in [-0.4, -0.2) is 41.7 Å². The monoisotopic (exact) mass is 366 g/mol. The normalized spacial score (nSPS) is 20.3. The number of amides is 1. The number of halogens is 3. The zero-order valence-electron chi connectivity index (χ0n) is 14.4. The number of aromatic nitrogens is 2. The number of nitrogens with one attached hydrogen (secondary N) is 1. The van der Waals surface area contributed by atoms with Gasteiger partial charge in [-0.3, -0.25) is 4.79 Å². The first-order valence-electron chi connectivity index (χ1n) is 9.07. The lowest BCUT2D eigenvalue weighted by atomic mass is 9.95. The van der Waals surface area contributed by atoms with Gasteiger partial charge in [-0.15, -0.1) is 0 Å². The van der Waals surface area contributed by atoms with Crippen LogP contribution in [0.15, 0.2) is 11.9 Å². The molecule has 0 saturated carbocycles. The van der Waals surface area contributed by atoms with Gasteiger partial charge in [0.25, 0.3) is 0 Å². The fraction of sp³-hybridized carbons (Fsp3) is 0.611. The lowest BCUT2D eigenvalue weighted by Gasteiger charge is -2.33. The van der Waals surface area contributed by atoms with Gasteiger partial charge in [-0.25, -0.2) is 9.97 Å². The molecule has 2 aliphatic carbocycles. The van der Waals surface area contributed by atoms with Gasteiger partial charge in [0.15, 0.2) is 0 Å². The van der Waals surface area contributed by atoms with Gasteiger partial charge >= 0.3 is 6.18 Å². The van der Waals surface area contributed by atoms with Crippen molar-refractivity contribution in [3.63, 3.8) is 0 Å². The van der Waals surface area contributed by atoms with E-state index in [1.165, 1.54) is 23.1 Å². The second-order valence-corrected chi connectivity index (χ2v) is 7.23. The summed E-state index contributed by atoms with van der Waals surface area (Å²) in [5, 5.41) is 2.00. The van der Waals surface area contributed by atoms with Crippen LogP contribution in [0.1, 0.15) is 43.4 Å². The van der Waals surface area contributed by atoms with E-state index in [2.05, 4.69) is 14.9 Å². The Morgan fingerprint density at radius 1 is 1.23 bits per heavy atom. The lowest BCUT2D eigenvalue weighted by Crippen LogP contribution is -2.43. The van der Waals surface area contributed by atoms with Gasteiger partial charge < -0.3 is 10.2 Å². The quantitative estimate of drug-likeness (QED) is 0.894. The zero-order chi connectivity index (χ0) is 18.3. The third-order valence-electron chi connectivity index (χ3n) is 5.55. The van der Waals surface area contributed by atoms with Crippen molar-refractivity contribution in [1.29, 1.82) is 0 Å². The van der Waals surface area contributed by atoms with Gasteiger partial charge in [-0.05, 0) is 37.7 Å². The van der Waals surface area contributed by atoms with Crippen LogP contribution in [0.2, 0.25) is 0 Å². The number of nitrogens with zero attached hydrogens (tertiary/aromatic N) is 3. The molecule has 1 aromatic rings. The van der Waals surface area contributed by atoms with Gasteiger partial charge in [-0.1, -0.05) is 5.57 Å². The van der Waals surface area contributed by atoms with E-state index in [0.29, 0.717) is 25.9 Å². The lowest BCUT2D eigenvalue weighted by molar-refractivity contribution is -0.141. The van der Waals surface area contributed by atoms with Crippen LogP contribution < -0.4 is 10.2 Å². The summed E-state index contributed by atoms with van der Waals surface area (Å²) in [7, 11) is 0. The maximum atomic E-state index is 12.3. The fourth-order valence-electron chi connectivity index (χ4n) is 4.28. The number of hydrogen-bond donors (Lipinski definition) is 1. The van der Waals surface area contributed by atoms with Gasteiger partial charge in [0, 0.05) is 31.0 Å². The van der Waals surface area contributed by atoms with E-state index in [1.807, 2.05) is 5.32 Å². The van der Waals surface area contributed by atoms with Crippen LogP contribution in [0.5, 0.6) is 0 Å². The van der Waals surface area contributed by atoms with E-state index >= 15 is 0 Å². The molecule has 8 heteroatoms. The molecular formula is C18H21F3N4O.